The Bertz CT molecular complexity index is 546. The second-order valence-electron chi connectivity index (χ2n) is 8.25. The number of unbranched alkanes of at least 4 members (excludes halogenated alkanes) is 1. The molecule has 0 N–H and O–H groups in total. The average Bonchev–Trinajstić information content (AvgIpc) is 2.52. The number of hydrogen-bond donors (Lipinski definition) is 0. The van der Waals surface area contributed by atoms with Crippen molar-refractivity contribution in [1.29, 1.82) is 0 Å². The SMILES string of the molecule is O=C(OCCCCC(F)(F)C(F)(F)S(=O)[O-])C12CC3CC(CC(C3)C1)C2. The maximum atomic E-state index is 13.3. The van der Waals surface area contributed by atoms with Crippen molar-refractivity contribution in [3.63, 3.8) is 0 Å². The van der Waals surface area contributed by atoms with E-state index < -0.39 is 34.1 Å². The lowest BCUT2D eigenvalue weighted by molar-refractivity contribution is -0.172. The van der Waals surface area contributed by atoms with Gasteiger partial charge in [0.15, 0.2) is 0 Å². The van der Waals surface area contributed by atoms with Gasteiger partial charge in [-0.15, -0.1) is 0 Å². The van der Waals surface area contributed by atoms with Gasteiger partial charge in [0.2, 0.25) is 0 Å². The van der Waals surface area contributed by atoms with E-state index in [2.05, 4.69) is 0 Å². The molecule has 0 radical (unpaired) electrons. The first-order valence-electron chi connectivity index (χ1n) is 9.08. The Hall–Kier alpha value is -0.700. The minimum atomic E-state index is -5.09. The highest BCUT2D eigenvalue weighted by Crippen LogP contribution is 2.60. The minimum Gasteiger partial charge on any atom is -0.768 e. The summed E-state index contributed by atoms with van der Waals surface area (Å²) < 4.78 is 78.2. The van der Waals surface area contributed by atoms with Gasteiger partial charge < -0.3 is 9.29 Å². The summed E-state index contributed by atoms with van der Waals surface area (Å²) >= 11 is -4.19. The molecule has 0 saturated heterocycles. The van der Waals surface area contributed by atoms with Crippen LogP contribution in [0, 0.1) is 23.2 Å². The molecule has 4 rings (SSSR count). The van der Waals surface area contributed by atoms with E-state index in [1.54, 1.807) is 0 Å². The summed E-state index contributed by atoms with van der Waals surface area (Å²) in [5, 5.41) is -5.09. The van der Waals surface area contributed by atoms with Crippen LogP contribution in [0.15, 0.2) is 0 Å². The van der Waals surface area contributed by atoms with Crippen LogP contribution >= 0.6 is 0 Å². The van der Waals surface area contributed by atoms with Gasteiger partial charge in [-0.1, -0.05) is 0 Å². The molecule has 0 aromatic rings. The number of rotatable bonds is 8. The van der Waals surface area contributed by atoms with Gasteiger partial charge in [-0.25, -0.2) is 0 Å². The van der Waals surface area contributed by atoms with E-state index in [9.17, 15) is 31.1 Å². The molecule has 1 unspecified atom stereocenters. The molecule has 0 heterocycles. The smallest absolute Gasteiger partial charge is 0.371 e. The van der Waals surface area contributed by atoms with E-state index in [4.69, 9.17) is 4.74 Å². The first-order chi connectivity index (χ1) is 12.1. The third-order valence-corrected chi connectivity index (χ3v) is 6.94. The summed E-state index contributed by atoms with van der Waals surface area (Å²) in [4.78, 5) is 12.5. The molecule has 0 aromatic carbocycles. The van der Waals surface area contributed by atoms with Crippen molar-refractivity contribution in [3.05, 3.63) is 0 Å². The average molecular weight is 399 g/mol. The Morgan fingerprint density at radius 3 is 2.00 bits per heavy atom. The van der Waals surface area contributed by atoms with Crippen molar-refractivity contribution in [2.24, 2.45) is 23.2 Å². The normalized spacial score (nSPS) is 34.7. The fourth-order valence-corrected chi connectivity index (χ4v) is 5.74. The van der Waals surface area contributed by atoms with Crippen LogP contribution < -0.4 is 0 Å². The van der Waals surface area contributed by atoms with E-state index in [-0.39, 0.29) is 25.4 Å². The van der Waals surface area contributed by atoms with Gasteiger partial charge in [0.05, 0.1) is 12.0 Å². The van der Waals surface area contributed by atoms with E-state index in [0.717, 1.165) is 19.3 Å². The summed E-state index contributed by atoms with van der Waals surface area (Å²) in [6.45, 7) is -0.108. The third kappa shape index (κ3) is 3.66. The maximum absolute atomic E-state index is 13.3. The molecule has 0 spiro atoms. The van der Waals surface area contributed by atoms with Gasteiger partial charge in [-0.3, -0.25) is 9.00 Å². The molecular formula is C17H23F4O4S-. The molecule has 150 valence electrons. The van der Waals surface area contributed by atoms with Crippen molar-refractivity contribution in [2.75, 3.05) is 6.61 Å². The largest absolute Gasteiger partial charge is 0.768 e. The molecule has 4 fully saturated rings. The zero-order valence-electron chi connectivity index (χ0n) is 14.4. The van der Waals surface area contributed by atoms with Crippen LogP contribution in [0.25, 0.3) is 0 Å². The van der Waals surface area contributed by atoms with Crippen molar-refractivity contribution in [3.8, 4) is 0 Å². The number of carbonyl (C=O) groups is 1. The van der Waals surface area contributed by atoms with Crippen LogP contribution in [0.2, 0.25) is 0 Å². The second-order valence-corrected chi connectivity index (χ2v) is 9.23. The highest BCUT2D eigenvalue weighted by Gasteiger charge is 2.57. The maximum Gasteiger partial charge on any atom is 0.371 e. The van der Waals surface area contributed by atoms with Crippen molar-refractivity contribution in [1.82, 2.24) is 0 Å². The molecule has 4 bridgehead atoms. The van der Waals surface area contributed by atoms with Gasteiger partial charge in [0.1, 0.15) is 0 Å². The van der Waals surface area contributed by atoms with E-state index in [1.807, 2.05) is 0 Å². The fraction of sp³-hybridized carbons (Fsp3) is 0.941. The number of halogens is 4. The van der Waals surface area contributed by atoms with E-state index in [0.29, 0.717) is 17.8 Å². The third-order valence-electron chi connectivity index (χ3n) is 6.22. The van der Waals surface area contributed by atoms with Crippen molar-refractivity contribution >= 4 is 17.0 Å². The molecule has 4 aliphatic rings. The molecular weight excluding hydrogens is 376 g/mol. The standard InChI is InChI=1S/C17H24F4O4S/c18-16(19,17(20,21)26(23)24)3-1-2-4-25-14(22)15-8-11-5-12(9-15)7-13(6-11)10-15/h11-13H,1-10H2,(H,23,24)/p-1. The molecule has 0 amide bonds. The summed E-state index contributed by atoms with van der Waals surface area (Å²) in [7, 11) is 0. The summed E-state index contributed by atoms with van der Waals surface area (Å²) in [5.74, 6) is -3.20. The Morgan fingerprint density at radius 1 is 1.04 bits per heavy atom. The Morgan fingerprint density at radius 2 is 1.54 bits per heavy atom. The number of carbonyl (C=O) groups excluding carboxylic acids is 1. The monoisotopic (exact) mass is 399 g/mol. The first kappa shape index (κ1) is 20.0. The number of esters is 1. The molecule has 4 saturated carbocycles. The molecule has 9 heteroatoms. The van der Waals surface area contributed by atoms with E-state index in [1.165, 1.54) is 19.3 Å². The van der Waals surface area contributed by atoms with Crippen LogP contribution in [-0.2, 0) is 20.6 Å². The lowest BCUT2D eigenvalue weighted by atomic mass is 9.49. The zero-order chi connectivity index (χ0) is 19.2. The van der Waals surface area contributed by atoms with Crippen molar-refractivity contribution < 1.29 is 35.9 Å². The predicted molar refractivity (Wildman–Crippen MR) is 84.2 cm³/mol. The van der Waals surface area contributed by atoms with Gasteiger partial charge in [-0.05, 0) is 69.1 Å². The lowest BCUT2D eigenvalue weighted by Crippen LogP contribution is -2.50. The Labute approximate surface area is 152 Å². The molecule has 0 aromatic heterocycles. The van der Waals surface area contributed by atoms with Crippen LogP contribution in [0.4, 0.5) is 17.6 Å². The number of alkyl halides is 4. The fourth-order valence-electron chi connectivity index (χ4n) is 5.40. The highest BCUT2D eigenvalue weighted by molar-refractivity contribution is 7.80. The lowest BCUT2D eigenvalue weighted by Gasteiger charge is -2.55. The zero-order valence-corrected chi connectivity index (χ0v) is 15.2. The van der Waals surface area contributed by atoms with Crippen LogP contribution in [0.3, 0.4) is 0 Å². The van der Waals surface area contributed by atoms with Crippen LogP contribution in [0.1, 0.15) is 57.8 Å². The van der Waals surface area contributed by atoms with E-state index >= 15 is 0 Å². The Kier molecular flexibility index (Phi) is 5.42. The predicted octanol–water partition coefficient (Wildman–Crippen LogP) is 4.02. The van der Waals surface area contributed by atoms with Crippen LogP contribution in [-0.4, -0.2) is 32.5 Å². The van der Waals surface area contributed by atoms with Gasteiger partial charge in [-0.2, -0.15) is 17.6 Å². The van der Waals surface area contributed by atoms with Gasteiger partial charge in [0, 0.05) is 17.5 Å². The minimum absolute atomic E-state index is 0.00469. The summed E-state index contributed by atoms with van der Waals surface area (Å²) in [6, 6.07) is 0. The molecule has 1 atom stereocenters. The van der Waals surface area contributed by atoms with Gasteiger partial charge in [0.25, 0.3) is 0 Å². The molecule has 0 aliphatic heterocycles. The highest BCUT2D eigenvalue weighted by atomic mass is 32.2. The second kappa shape index (κ2) is 7.04. The molecule has 26 heavy (non-hydrogen) atoms. The van der Waals surface area contributed by atoms with Crippen molar-refractivity contribution in [2.45, 2.75) is 69.0 Å². The first-order valence-corrected chi connectivity index (χ1v) is 10.2. The quantitative estimate of drug-likeness (QED) is 0.268. The Balaban J connectivity index is 1.43. The molecule has 4 nitrogen and oxygen atoms in total. The molecule has 4 aliphatic carbocycles. The topological polar surface area (TPSA) is 66.4 Å². The number of ether oxygens (including phenoxy) is 1. The van der Waals surface area contributed by atoms with Gasteiger partial charge >= 0.3 is 17.1 Å². The van der Waals surface area contributed by atoms with Crippen LogP contribution in [0.5, 0.6) is 0 Å². The summed E-state index contributed by atoms with van der Waals surface area (Å²) in [6.07, 6.45) is 4.39. The number of hydrogen-bond acceptors (Lipinski definition) is 4. The summed E-state index contributed by atoms with van der Waals surface area (Å²) in [5.41, 5.74) is -0.439.